The van der Waals surface area contributed by atoms with Crippen LogP contribution < -0.4 is 5.32 Å². The Hall–Kier alpha value is -2.25. The van der Waals surface area contributed by atoms with Crippen LogP contribution in [0.1, 0.15) is 30.4 Å². The highest BCUT2D eigenvalue weighted by atomic mass is 16.5. The van der Waals surface area contributed by atoms with Gasteiger partial charge in [0.15, 0.2) is 0 Å². The average molecular weight is 439 g/mol. The minimum absolute atomic E-state index is 0.0349. The van der Waals surface area contributed by atoms with E-state index in [1.807, 2.05) is 36.4 Å². The number of hydrogen-bond donors (Lipinski definition) is 2. The second kappa shape index (κ2) is 11.6. The number of nitrogens with one attached hydrogen (secondary N) is 1. The molecule has 6 heteroatoms. The second-order valence-corrected chi connectivity index (χ2v) is 8.84. The molecular weight excluding hydrogens is 404 g/mol. The SMILES string of the molecule is O=C(C[C@H]1CC[C@H]2[C@@H](COC[C@@H](O)CN2Cc2ccccc2)O1)NCCc1ccccc1. The first-order chi connectivity index (χ1) is 15.7. The Balaban J connectivity index is 1.30. The molecule has 172 valence electrons. The third-order valence-corrected chi connectivity index (χ3v) is 6.31. The molecule has 0 radical (unpaired) electrons. The summed E-state index contributed by atoms with van der Waals surface area (Å²) >= 11 is 0. The Bertz CT molecular complexity index is 832. The molecule has 2 aliphatic heterocycles. The molecule has 0 aliphatic carbocycles. The van der Waals surface area contributed by atoms with Crippen LogP contribution in [0.25, 0.3) is 0 Å². The Labute approximate surface area is 190 Å². The molecule has 6 nitrogen and oxygen atoms in total. The molecule has 2 fully saturated rings. The minimum atomic E-state index is -0.507. The van der Waals surface area contributed by atoms with Gasteiger partial charge in [-0.1, -0.05) is 60.7 Å². The van der Waals surface area contributed by atoms with Gasteiger partial charge in [-0.3, -0.25) is 9.69 Å². The highest BCUT2D eigenvalue weighted by Crippen LogP contribution is 2.28. The van der Waals surface area contributed by atoms with Gasteiger partial charge in [0.2, 0.25) is 5.91 Å². The maximum absolute atomic E-state index is 12.5. The summed E-state index contributed by atoms with van der Waals surface area (Å²) in [6, 6.07) is 20.7. The summed E-state index contributed by atoms with van der Waals surface area (Å²) in [7, 11) is 0. The van der Waals surface area contributed by atoms with Crippen molar-refractivity contribution in [2.24, 2.45) is 0 Å². The molecule has 4 atom stereocenters. The summed E-state index contributed by atoms with van der Waals surface area (Å²) in [6.07, 6.45) is 2.26. The van der Waals surface area contributed by atoms with E-state index >= 15 is 0 Å². The zero-order chi connectivity index (χ0) is 22.2. The number of amides is 1. The van der Waals surface area contributed by atoms with E-state index in [1.165, 1.54) is 11.1 Å². The summed E-state index contributed by atoms with van der Waals surface area (Å²) in [4.78, 5) is 14.8. The molecule has 2 heterocycles. The number of hydrogen-bond acceptors (Lipinski definition) is 5. The summed E-state index contributed by atoms with van der Waals surface area (Å²) in [5, 5.41) is 13.4. The van der Waals surface area contributed by atoms with E-state index in [0.717, 1.165) is 25.8 Å². The predicted octanol–water partition coefficient (Wildman–Crippen LogP) is 2.54. The van der Waals surface area contributed by atoms with Crippen LogP contribution in [0.2, 0.25) is 0 Å². The van der Waals surface area contributed by atoms with E-state index in [4.69, 9.17) is 9.47 Å². The second-order valence-electron chi connectivity index (χ2n) is 8.84. The number of β-amino-alcohol motifs (C(OH)–C–C–N with tert-alkyl or cyclic N) is 1. The van der Waals surface area contributed by atoms with E-state index in [-0.39, 0.29) is 24.2 Å². The van der Waals surface area contributed by atoms with Crippen LogP contribution in [0.15, 0.2) is 60.7 Å². The third kappa shape index (κ3) is 6.62. The van der Waals surface area contributed by atoms with Crippen molar-refractivity contribution >= 4 is 5.91 Å². The first-order valence-corrected chi connectivity index (χ1v) is 11.7. The largest absolute Gasteiger partial charge is 0.389 e. The van der Waals surface area contributed by atoms with Crippen molar-refractivity contribution < 1.29 is 19.4 Å². The van der Waals surface area contributed by atoms with Crippen LogP contribution in [-0.4, -0.2) is 66.6 Å². The van der Waals surface area contributed by atoms with Gasteiger partial charge in [-0.25, -0.2) is 0 Å². The lowest BCUT2D eigenvalue weighted by molar-refractivity contribution is -0.158. The number of ether oxygens (including phenoxy) is 2. The van der Waals surface area contributed by atoms with Crippen LogP contribution >= 0.6 is 0 Å². The predicted molar refractivity (Wildman–Crippen MR) is 123 cm³/mol. The van der Waals surface area contributed by atoms with Gasteiger partial charge in [0.1, 0.15) is 0 Å². The van der Waals surface area contributed by atoms with Gasteiger partial charge in [-0.05, 0) is 30.4 Å². The van der Waals surface area contributed by atoms with Crippen molar-refractivity contribution in [1.29, 1.82) is 0 Å². The number of rotatable bonds is 7. The lowest BCUT2D eigenvalue weighted by Gasteiger charge is -2.44. The zero-order valence-corrected chi connectivity index (χ0v) is 18.6. The van der Waals surface area contributed by atoms with E-state index < -0.39 is 6.10 Å². The summed E-state index contributed by atoms with van der Waals surface area (Å²) in [6.45, 7) is 2.71. The number of benzene rings is 2. The number of fused-ring (bicyclic) bond motifs is 1. The Morgan fingerprint density at radius 2 is 1.72 bits per heavy atom. The van der Waals surface area contributed by atoms with Crippen molar-refractivity contribution in [1.82, 2.24) is 10.2 Å². The molecule has 1 amide bonds. The van der Waals surface area contributed by atoms with Gasteiger partial charge >= 0.3 is 0 Å². The molecule has 2 N–H and O–H groups in total. The van der Waals surface area contributed by atoms with E-state index in [0.29, 0.717) is 32.7 Å². The maximum atomic E-state index is 12.5. The van der Waals surface area contributed by atoms with Gasteiger partial charge in [-0.2, -0.15) is 0 Å². The van der Waals surface area contributed by atoms with Gasteiger partial charge < -0.3 is 19.9 Å². The van der Waals surface area contributed by atoms with Crippen LogP contribution in [0, 0.1) is 0 Å². The maximum Gasteiger partial charge on any atom is 0.222 e. The fourth-order valence-corrected chi connectivity index (χ4v) is 4.72. The summed E-state index contributed by atoms with van der Waals surface area (Å²) in [5.74, 6) is 0.0349. The van der Waals surface area contributed by atoms with E-state index in [2.05, 4.69) is 34.5 Å². The lowest BCUT2D eigenvalue weighted by Crippen LogP contribution is -2.55. The smallest absolute Gasteiger partial charge is 0.222 e. The molecule has 0 aromatic heterocycles. The number of aliphatic hydroxyl groups excluding tert-OH is 1. The topological polar surface area (TPSA) is 71.0 Å². The normalized spacial score (nSPS) is 26.5. The van der Waals surface area contributed by atoms with Crippen LogP contribution in [0.4, 0.5) is 0 Å². The molecule has 32 heavy (non-hydrogen) atoms. The Kier molecular flexibility index (Phi) is 8.29. The quantitative estimate of drug-likeness (QED) is 0.695. The monoisotopic (exact) mass is 438 g/mol. The van der Waals surface area contributed by atoms with Crippen molar-refractivity contribution in [3.05, 3.63) is 71.8 Å². The summed E-state index contributed by atoms with van der Waals surface area (Å²) in [5.41, 5.74) is 2.44. The van der Waals surface area contributed by atoms with Crippen LogP contribution in [0.3, 0.4) is 0 Å². The van der Waals surface area contributed by atoms with Crippen molar-refractivity contribution in [3.8, 4) is 0 Å². The highest BCUT2D eigenvalue weighted by molar-refractivity contribution is 5.76. The number of carbonyl (C=O) groups is 1. The minimum Gasteiger partial charge on any atom is -0.389 e. The van der Waals surface area contributed by atoms with Gasteiger partial charge in [0.25, 0.3) is 0 Å². The van der Waals surface area contributed by atoms with Gasteiger partial charge in [0.05, 0.1) is 37.9 Å². The van der Waals surface area contributed by atoms with Gasteiger partial charge in [-0.15, -0.1) is 0 Å². The molecule has 0 bridgehead atoms. The van der Waals surface area contributed by atoms with Crippen molar-refractivity contribution in [2.75, 3.05) is 26.3 Å². The molecular formula is C26H34N2O4. The van der Waals surface area contributed by atoms with Crippen molar-refractivity contribution in [3.63, 3.8) is 0 Å². The molecule has 2 aromatic rings. The fraction of sp³-hybridized carbons (Fsp3) is 0.500. The zero-order valence-electron chi connectivity index (χ0n) is 18.6. The molecule has 0 spiro atoms. The Morgan fingerprint density at radius 3 is 2.47 bits per heavy atom. The van der Waals surface area contributed by atoms with Crippen LogP contribution in [0.5, 0.6) is 0 Å². The van der Waals surface area contributed by atoms with Gasteiger partial charge in [0, 0.05) is 25.7 Å². The average Bonchev–Trinajstić information content (AvgIpc) is 2.79. The first kappa shape index (κ1) is 22.9. The Morgan fingerprint density at radius 1 is 1.00 bits per heavy atom. The van der Waals surface area contributed by atoms with Crippen LogP contribution in [-0.2, 0) is 27.2 Å². The third-order valence-electron chi connectivity index (χ3n) is 6.31. The standard InChI is InChI=1S/C26H34N2O4/c29-22-17-28(16-21-9-5-2-6-10-21)24-12-11-23(32-25(24)19-31-18-22)15-26(30)27-14-13-20-7-3-1-4-8-20/h1-10,22-25,29H,11-19H2,(H,27,30)/t22-,23+,24-,25+/m0/s1. The van der Waals surface area contributed by atoms with E-state index in [1.54, 1.807) is 0 Å². The highest BCUT2D eigenvalue weighted by Gasteiger charge is 2.37. The summed E-state index contributed by atoms with van der Waals surface area (Å²) < 4.78 is 12.1. The lowest BCUT2D eigenvalue weighted by atomic mass is 9.94. The van der Waals surface area contributed by atoms with E-state index in [9.17, 15) is 9.90 Å². The first-order valence-electron chi connectivity index (χ1n) is 11.7. The molecule has 4 rings (SSSR count). The molecule has 0 unspecified atom stereocenters. The number of aliphatic hydroxyl groups is 1. The molecule has 0 saturated carbocycles. The fourth-order valence-electron chi connectivity index (χ4n) is 4.72. The molecule has 2 aliphatic rings. The molecule has 2 aromatic carbocycles. The molecule has 2 saturated heterocycles. The number of nitrogens with zero attached hydrogens (tertiary/aromatic N) is 1. The van der Waals surface area contributed by atoms with Crippen molar-refractivity contribution in [2.45, 2.75) is 56.6 Å². The number of carbonyl (C=O) groups excluding carboxylic acids is 1.